The number of alkyl halides is 1. The number of carboxylic acid groups (broad SMARTS) is 1. The van der Waals surface area contributed by atoms with Gasteiger partial charge in [0.05, 0.1) is 0 Å². The first-order valence-electron chi connectivity index (χ1n) is 15.5. The molecule has 1 aromatic heterocycles. The molecule has 0 bridgehead atoms. The van der Waals surface area contributed by atoms with E-state index >= 15 is 0 Å². The number of halogens is 1. The Balaban J connectivity index is 0.000000357. The van der Waals surface area contributed by atoms with Crippen LogP contribution < -0.4 is 0 Å². The molecule has 1 aromatic rings. The van der Waals surface area contributed by atoms with Gasteiger partial charge >= 0.3 is 18.2 Å². The second kappa shape index (κ2) is 19.1. The van der Waals surface area contributed by atoms with Crippen LogP contribution in [0.3, 0.4) is 0 Å². The molecule has 4 rings (SSSR count). The van der Waals surface area contributed by atoms with E-state index in [-0.39, 0.29) is 5.91 Å². The van der Waals surface area contributed by atoms with E-state index in [0.29, 0.717) is 30.8 Å². The van der Waals surface area contributed by atoms with E-state index in [1.807, 2.05) is 43.4 Å². The predicted molar refractivity (Wildman–Crippen MR) is 172 cm³/mol. The number of hydrogen-bond acceptors (Lipinski definition) is 8. The number of carboxylic acids is 1. The van der Waals surface area contributed by atoms with Crippen LogP contribution >= 0.6 is 22.6 Å². The molecule has 0 aliphatic carbocycles. The molecule has 4 heterocycles. The SMILES string of the molecule is C1CCOC1.CC(C)(C)OC(=O)N1CCCC[C@H]1C(=O)O.CC(C)(C)OC(=O)N1CCCC[C@H]1C(=O)n1ccnc1.[2H]CI. The lowest BCUT2D eigenvalue weighted by atomic mass is 10.0. The average Bonchev–Trinajstić information content (AvgIpc) is 3.69. The molecule has 246 valence electrons. The lowest BCUT2D eigenvalue weighted by molar-refractivity contribution is -0.144. The molecule has 3 saturated heterocycles. The Bertz CT molecular complexity index is 1000. The number of nitrogens with zero attached hydrogens (tertiary/aromatic N) is 4. The molecular formula is C30H51IN4O8. The van der Waals surface area contributed by atoms with Gasteiger partial charge in [0.25, 0.3) is 5.91 Å². The number of amides is 2. The number of hydrogen-bond donors (Lipinski definition) is 1. The van der Waals surface area contributed by atoms with Gasteiger partial charge in [-0.15, -0.1) is 0 Å². The van der Waals surface area contributed by atoms with Crippen LogP contribution in [0.4, 0.5) is 9.59 Å². The maximum absolute atomic E-state index is 12.4. The first-order chi connectivity index (χ1) is 20.6. The van der Waals surface area contributed by atoms with E-state index in [0.717, 1.165) is 38.9 Å². The fourth-order valence-corrected chi connectivity index (χ4v) is 4.53. The van der Waals surface area contributed by atoms with Gasteiger partial charge in [0.1, 0.15) is 29.6 Å². The highest BCUT2D eigenvalue weighted by Gasteiger charge is 2.36. The molecule has 1 N–H and O–H groups in total. The van der Waals surface area contributed by atoms with Crippen LogP contribution in [0.25, 0.3) is 0 Å². The number of ether oxygens (including phenoxy) is 3. The van der Waals surface area contributed by atoms with Gasteiger partial charge in [-0.05, 0) is 97.8 Å². The topological polar surface area (TPSA) is 140 Å². The highest BCUT2D eigenvalue weighted by atomic mass is 127. The number of rotatable bonds is 2. The molecule has 3 aliphatic heterocycles. The van der Waals surface area contributed by atoms with Crippen molar-refractivity contribution in [2.75, 3.05) is 31.2 Å². The van der Waals surface area contributed by atoms with E-state index in [4.69, 9.17) is 20.7 Å². The van der Waals surface area contributed by atoms with Crippen LogP contribution in [0.1, 0.15) is 99.1 Å². The Morgan fingerprint density at radius 1 is 0.860 bits per heavy atom. The van der Waals surface area contributed by atoms with E-state index in [9.17, 15) is 19.2 Å². The second-order valence-corrected chi connectivity index (χ2v) is 12.3. The van der Waals surface area contributed by atoms with Crippen molar-refractivity contribution in [2.45, 2.75) is 116 Å². The van der Waals surface area contributed by atoms with E-state index in [1.165, 1.54) is 33.5 Å². The standard InChI is InChI=1S/C14H21N3O3.C11H19NO4.C4H8O.CH3I/c1-14(2,3)20-13(19)17-8-5-4-6-11(17)12(18)16-9-7-15-10-16;1-11(2,3)16-10(15)12-7-5-4-6-8(12)9(13)14;1-2-4-5-3-1;1-2/h7,9-11H,4-6,8H2,1-3H3;8H,4-7H2,1-3H3,(H,13,14);1-4H2;1H3/t11-;8-;;/m00../s1/i;;;1D. The number of imidazole rings is 1. The second-order valence-electron chi connectivity index (χ2n) is 12.3. The fourth-order valence-electron chi connectivity index (χ4n) is 4.53. The largest absolute Gasteiger partial charge is 0.480 e. The summed E-state index contributed by atoms with van der Waals surface area (Å²) in [5.41, 5.74) is -1.14. The van der Waals surface area contributed by atoms with Gasteiger partial charge < -0.3 is 19.3 Å². The molecule has 0 saturated carbocycles. The molecule has 12 nitrogen and oxygen atoms in total. The number of carbonyl (C=O) groups excluding carboxylic acids is 3. The molecular weight excluding hydrogens is 671 g/mol. The first kappa shape index (κ1) is 36.8. The first-order valence-corrected chi connectivity index (χ1v) is 16.3. The third-order valence-electron chi connectivity index (χ3n) is 6.42. The number of likely N-dealkylation sites (tertiary alicyclic amines) is 2. The molecule has 0 unspecified atom stereocenters. The summed E-state index contributed by atoms with van der Waals surface area (Å²) in [6, 6.07) is -1.20. The third-order valence-corrected chi connectivity index (χ3v) is 6.42. The molecule has 2 amide bonds. The summed E-state index contributed by atoms with van der Waals surface area (Å²) in [6.45, 7) is 13.8. The Kier molecular flexibility index (Phi) is 16.3. The van der Waals surface area contributed by atoms with Gasteiger partial charge in [-0.1, -0.05) is 22.6 Å². The minimum atomic E-state index is -0.953. The number of piperidine rings is 2. The molecule has 3 aliphatic rings. The Morgan fingerprint density at radius 2 is 1.33 bits per heavy atom. The maximum Gasteiger partial charge on any atom is 0.411 e. The van der Waals surface area contributed by atoms with Crippen LogP contribution in [-0.4, -0.2) is 103 Å². The molecule has 0 aromatic carbocycles. The highest BCUT2D eigenvalue weighted by molar-refractivity contribution is 14.1. The fraction of sp³-hybridized carbons (Fsp3) is 0.767. The number of aromatic nitrogens is 2. The van der Waals surface area contributed by atoms with Gasteiger partial charge in [0.2, 0.25) is 0 Å². The summed E-state index contributed by atoms with van der Waals surface area (Å²) in [4.78, 5) is 54.6. The van der Waals surface area contributed by atoms with Crippen LogP contribution in [0, 0.1) is 0 Å². The van der Waals surface area contributed by atoms with Gasteiger partial charge in [-0.25, -0.2) is 19.4 Å². The van der Waals surface area contributed by atoms with E-state index < -0.39 is 41.4 Å². The van der Waals surface area contributed by atoms with Crippen LogP contribution in [0.5, 0.6) is 0 Å². The summed E-state index contributed by atoms with van der Waals surface area (Å²) < 4.78 is 23.1. The zero-order valence-electron chi connectivity index (χ0n) is 27.6. The predicted octanol–water partition coefficient (Wildman–Crippen LogP) is 6.02. The normalized spacial score (nSPS) is 20.5. The van der Waals surface area contributed by atoms with Gasteiger partial charge in [-0.2, -0.15) is 0 Å². The quantitative estimate of drug-likeness (QED) is 0.287. The summed E-state index contributed by atoms with van der Waals surface area (Å²) in [5.74, 6) is -1.08. The van der Waals surface area contributed by atoms with Crippen molar-refractivity contribution in [1.82, 2.24) is 19.4 Å². The summed E-state index contributed by atoms with van der Waals surface area (Å²) in [7, 11) is 0. The van der Waals surface area contributed by atoms with Gasteiger partial charge in [-0.3, -0.25) is 19.2 Å². The van der Waals surface area contributed by atoms with Crippen LogP contribution in [0.15, 0.2) is 18.7 Å². The molecule has 0 radical (unpaired) electrons. The van der Waals surface area contributed by atoms with Crippen molar-refractivity contribution in [2.24, 2.45) is 0 Å². The number of carbonyl (C=O) groups is 4. The van der Waals surface area contributed by atoms with Crippen molar-refractivity contribution in [1.29, 1.82) is 0 Å². The Morgan fingerprint density at radius 3 is 1.70 bits per heavy atom. The zero-order chi connectivity index (χ0) is 33.3. The zero-order valence-corrected chi connectivity index (χ0v) is 28.7. The van der Waals surface area contributed by atoms with E-state index in [2.05, 4.69) is 4.98 Å². The number of aliphatic carboxylic acids is 1. The van der Waals surface area contributed by atoms with Crippen molar-refractivity contribution in [3.8, 4) is 0 Å². The smallest absolute Gasteiger partial charge is 0.411 e. The summed E-state index contributed by atoms with van der Waals surface area (Å²) in [5, 5.41) is 9.01. The summed E-state index contributed by atoms with van der Waals surface area (Å²) >= 11 is 1.96. The average molecular weight is 724 g/mol. The molecule has 2 atom stereocenters. The van der Waals surface area contributed by atoms with Crippen LogP contribution in [0.2, 0.25) is 0 Å². The molecule has 3 fully saturated rings. The lowest BCUT2D eigenvalue weighted by Crippen LogP contribution is -2.50. The van der Waals surface area contributed by atoms with Crippen molar-refractivity contribution < 1.29 is 39.9 Å². The van der Waals surface area contributed by atoms with Crippen LogP contribution in [-0.2, 0) is 19.0 Å². The minimum absolute atomic E-state index is 0.131. The summed E-state index contributed by atoms with van der Waals surface area (Å²) in [6.07, 6.45) is 10.9. The maximum atomic E-state index is 12.4. The third kappa shape index (κ3) is 14.7. The molecule has 43 heavy (non-hydrogen) atoms. The van der Waals surface area contributed by atoms with Gasteiger partial charge in [0.15, 0.2) is 0 Å². The Hall–Kier alpha value is -2.42. The lowest BCUT2D eigenvalue weighted by Gasteiger charge is -2.35. The monoisotopic (exact) mass is 723 g/mol. The minimum Gasteiger partial charge on any atom is -0.480 e. The van der Waals surface area contributed by atoms with Gasteiger partial charge in [0, 0.05) is 40.1 Å². The van der Waals surface area contributed by atoms with E-state index in [1.54, 1.807) is 33.2 Å². The van der Waals surface area contributed by atoms with Crippen molar-refractivity contribution >= 4 is 46.7 Å². The molecule has 0 spiro atoms. The Labute approximate surface area is 271 Å². The highest BCUT2D eigenvalue weighted by Crippen LogP contribution is 2.22. The van der Waals surface area contributed by atoms with Crippen molar-refractivity contribution in [3.05, 3.63) is 18.7 Å². The molecule has 13 heteroatoms. The van der Waals surface area contributed by atoms with Crippen molar-refractivity contribution in [3.63, 3.8) is 0 Å².